The molecule has 162 valence electrons. The van der Waals surface area contributed by atoms with Gasteiger partial charge in [-0.15, -0.1) is 10.2 Å². The number of benzene rings is 3. The molecule has 1 amide bonds. The smallest absolute Gasteiger partial charge is 0.242 e. The summed E-state index contributed by atoms with van der Waals surface area (Å²) >= 11 is 1.41. The molecule has 0 saturated heterocycles. The number of carbonyl (C=O) groups is 1. The van der Waals surface area contributed by atoms with E-state index in [0.717, 1.165) is 28.2 Å². The van der Waals surface area contributed by atoms with Gasteiger partial charge in [-0.25, -0.2) is 0 Å². The highest BCUT2D eigenvalue weighted by atomic mass is 32.2. The molecule has 1 aromatic heterocycles. The Morgan fingerprint density at radius 1 is 0.969 bits per heavy atom. The van der Waals surface area contributed by atoms with Gasteiger partial charge in [-0.05, 0) is 42.2 Å². The fraction of sp³-hybridized carbons (Fsp3) is 0.192. The number of amides is 1. The molecule has 0 aliphatic carbocycles. The summed E-state index contributed by atoms with van der Waals surface area (Å²) in [6, 6.07) is 26.1. The number of hydrogen-bond acceptors (Lipinski definition) is 4. The molecule has 4 rings (SSSR count). The lowest BCUT2D eigenvalue weighted by molar-refractivity contribution is -0.115. The summed E-state index contributed by atoms with van der Waals surface area (Å²) in [5, 5.41) is 12.2. The molecule has 0 aliphatic rings. The van der Waals surface area contributed by atoms with Crippen LogP contribution in [-0.2, 0) is 18.3 Å². The first-order valence-corrected chi connectivity index (χ1v) is 11.4. The minimum absolute atomic E-state index is 0.0810. The molecular formula is C26H26N4OS. The van der Waals surface area contributed by atoms with Crippen molar-refractivity contribution in [1.29, 1.82) is 0 Å². The molecule has 3 aromatic carbocycles. The van der Waals surface area contributed by atoms with E-state index >= 15 is 0 Å². The van der Waals surface area contributed by atoms with Gasteiger partial charge in [0.25, 0.3) is 0 Å². The average molecular weight is 443 g/mol. The second-order valence-electron chi connectivity index (χ2n) is 7.84. The van der Waals surface area contributed by atoms with Crippen LogP contribution in [0.1, 0.15) is 33.3 Å². The lowest BCUT2D eigenvalue weighted by Crippen LogP contribution is -2.20. The fourth-order valence-electron chi connectivity index (χ4n) is 3.46. The summed E-state index contributed by atoms with van der Waals surface area (Å²) in [5.74, 6) is 0.781. The van der Waals surface area contributed by atoms with E-state index in [9.17, 15) is 4.79 Å². The van der Waals surface area contributed by atoms with Crippen molar-refractivity contribution in [2.24, 2.45) is 7.05 Å². The van der Waals surface area contributed by atoms with Gasteiger partial charge in [0.2, 0.25) is 5.91 Å². The maximum Gasteiger partial charge on any atom is 0.242 e. The quantitative estimate of drug-likeness (QED) is 0.384. The summed E-state index contributed by atoms with van der Waals surface area (Å²) < 4.78 is 1.97. The zero-order valence-electron chi connectivity index (χ0n) is 18.4. The van der Waals surface area contributed by atoms with Crippen LogP contribution < -0.4 is 5.32 Å². The lowest BCUT2D eigenvalue weighted by Gasteiger charge is -2.18. The second kappa shape index (κ2) is 9.83. The van der Waals surface area contributed by atoms with Gasteiger partial charge in [-0.2, -0.15) is 0 Å². The summed E-state index contributed by atoms with van der Waals surface area (Å²) in [5.41, 5.74) is 5.07. The lowest BCUT2D eigenvalue weighted by atomic mass is 10.1. The van der Waals surface area contributed by atoms with Crippen molar-refractivity contribution >= 4 is 23.4 Å². The molecule has 0 bridgehead atoms. The number of aryl methyl sites for hydroxylation is 2. The maximum atomic E-state index is 13.4. The van der Waals surface area contributed by atoms with E-state index < -0.39 is 5.25 Å². The van der Waals surface area contributed by atoms with Gasteiger partial charge >= 0.3 is 0 Å². The van der Waals surface area contributed by atoms with Crippen LogP contribution in [0.2, 0.25) is 0 Å². The number of thioether (sulfide) groups is 1. The van der Waals surface area contributed by atoms with E-state index in [1.54, 1.807) is 0 Å². The van der Waals surface area contributed by atoms with Crippen molar-refractivity contribution in [2.45, 2.75) is 30.7 Å². The van der Waals surface area contributed by atoms with Crippen LogP contribution in [-0.4, -0.2) is 20.7 Å². The molecule has 4 aromatic rings. The SMILES string of the molecule is Cc1ccc(C)c(NC(=O)C(Sc2nnc(Cc3ccccc3)n2C)c2ccccc2)c1. The van der Waals surface area contributed by atoms with E-state index in [-0.39, 0.29) is 5.91 Å². The van der Waals surface area contributed by atoms with Crippen LogP contribution in [0.4, 0.5) is 5.69 Å². The highest BCUT2D eigenvalue weighted by Crippen LogP contribution is 2.36. The molecule has 0 spiro atoms. The number of anilines is 1. The topological polar surface area (TPSA) is 59.8 Å². The monoisotopic (exact) mass is 442 g/mol. The van der Waals surface area contributed by atoms with Gasteiger partial charge < -0.3 is 9.88 Å². The first-order chi connectivity index (χ1) is 15.5. The molecule has 0 saturated carbocycles. The molecular weight excluding hydrogens is 416 g/mol. The number of aromatic nitrogens is 3. The highest BCUT2D eigenvalue weighted by Gasteiger charge is 2.25. The molecule has 32 heavy (non-hydrogen) atoms. The number of nitrogens with one attached hydrogen (secondary N) is 1. The van der Waals surface area contributed by atoms with Crippen molar-refractivity contribution in [1.82, 2.24) is 14.8 Å². The van der Waals surface area contributed by atoms with Crippen LogP contribution in [0.3, 0.4) is 0 Å². The molecule has 0 fully saturated rings. The maximum absolute atomic E-state index is 13.4. The predicted octanol–water partition coefficient (Wildman–Crippen LogP) is 5.49. The van der Waals surface area contributed by atoms with Gasteiger partial charge in [0.05, 0.1) is 0 Å². The van der Waals surface area contributed by atoms with Crippen molar-refractivity contribution in [3.05, 3.63) is 107 Å². The molecule has 1 heterocycles. The third-order valence-electron chi connectivity index (χ3n) is 5.34. The van der Waals surface area contributed by atoms with Crippen LogP contribution in [0.15, 0.2) is 84.0 Å². The molecule has 0 aliphatic heterocycles. The standard InChI is InChI=1S/C26H26N4OS/c1-18-14-15-19(2)22(16-18)27-25(31)24(21-12-8-5-9-13-21)32-26-29-28-23(30(26)3)17-20-10-6-4-7-11-20/h4-16,24H,17H2,1-3H3,(H,27,31). The molecule has 1 atom stereocenters. The van der Waals surface area contributed by atoms with Gasteiger partial charge in [-0.1, -0.05) is 84.6 Å². The minimum Gasteiger partial charge on any atom is -0.325 e. The van der Waals surface area contributed by atoms with Crippen molar-refractivity contribution in [3.8, 4) is 0 Å². The molecule has 1 N–H and O–H groups in total. The van der Waals surface area contributed by atoms with E-state index in [0.29, 0.717) is 11.6 Å². The van der Waals surface area contributed by atoms with E-state index in [1.165, 1.54) is 17.3 Å². The van der Waals surface area contributed by atoms with Gasteiger partial charge in [0.15, 0.2) is 5.16 Å². The number of hydrogen-bond donors (Lipinski definition) is 1. The van der Waals surface area contributed by atoms with E-state index in [4.69, 9.17) is 0 Å². The van der Waals surface area contributed by atoms with Crippen molar-refractivity contribution in [2.75, 3.05) is 5.32 Å². The Labute approximate surface area is 192 Å². The van der Waals surface area contributed by atoms with Gasteiger partial charge in [0, 0.05) is 19.2 Å². The third-order valence-corrected chi connectivity index (χ3v) is 6.63. The Morgan fingerprint density at radius 2 is 1.66 bits per heavy atom. The molecule has 5 nitrogen and oxygen atoms in total. The largest absolute Gasteiger partial charge is 0.325 e. The predicted molar refractivity (Wildman–Crippen MR) is 130 cm³/mol. The van der Waals surface area contributed by atoms with Crippen LogP contribution >= 0.6 is 11.8 Å². The van der Waals surface area contributed by atoms with E-state index in [2.05, 4.69) is 27.6 Å². The Balaban J connectivity index is 1.59. The van der Waals surface area contributed by atoms with Crippen molar-refractivity contribution < 1.29 is 4.79 Å². The van der Waals surface area contributed by atoms with Crippen LogP contribution in [0, 0.1) is 13.8 Å². The molecule has 0 radical (unpaired) electrons. The number of carbonyl (C=O) groups excluding carboxylic acids is 1. The first-order valence-electron chi connectivity index (χ1n) is 10.5. The van der Waals surface area contributed by atoms with Gasteiger partial charge in [0.1, 0.15) is 11.1 Å². The molecule has 1 unspecified atom stereocenters. The van der Waals surface area contributed by atoms with Crippen LogP contribution in [0.25, 0.3) is 0 Å². The minimum atomic E-state index is -0.455. The summed E-state index contributed by atoms with van der Waals surface area (Å²) in [6.45, 7) is 4.02. The van der Waals surface area contributed by atoms with Gasteiger partial charge in [-0.3, -0.25) is 4.79 Å². The number of rotatable bonds is 7. The Bertz CT molecular complexity index is 1210. The Kier molecular flexibility index (Phi) is 6.71. The highest BCUT2D eigenvalue weighted by molar-refractivity contribution is 8.00. The second-order valence-corrected chi connectivity index (χ2v) is 8.91. The Morgan fingerprint density at radius 3 is 2.38 bits per heavy atom. The first kappa shape index (κ1) is 21.8. The zero-order chi connectivity index (χ0) is 22.5. The Hall–Kier alpha value is -3.38. The zero-order valence-corrected chi connectivity index (χ0v) is 19.3. The summed E-state index contributed by atoms with van der Waals surface area (Å²) in [7, 11) is 1.95. The van der Waals surface area contributed by atoms with E-state index in [1.807, 2.05) is 92.2 Å². The summed E-state index contributed by atoms with van der Waals surface area (Å²) in [4.78, 5) is 13.4. The van der Waals surface area contributed by atoms with Crippen molar-refractivity contribution in [3.63, 3.8) is 0 Å². The normalized spacial score (nSPS) is 11.8. The average Bonchev–Trinajstić information content (AvgIpc) is 3.14. The molecule has 6 heteroatoms. The van der Waals surface area contributed by atoms with Crippen LogP contribution in [0.5, 0.6) is 0 Å². The fourth-order valence-corrected chi connectivity index (χ4v) is 4.48. The third kappa shape index (κ3) is 5.08. The summed E-state index contributed by atoms with van der Waals surface area (Å²) in [6.07, 6.45) is 0.690. The number of nitrogens with zero attached hydrogens (tertiary/aromatic N) is 3.